The van der Waals surface area contributed by atoms with E-state index in [2.05, 4.69) is 38.5 Å². The molecule has 0 saturated carbocycles. The van der Waals surface area contributed by atoms with Crippen LogP contribution in [0, 0.1) is 0 Å². The molecule has 2 N–H and O–H groups in total. The van der Waals surface area contributed by atoms with E-state index in [4.69, 9.17) is 0 Å². The van der Waals surface area contributed by atoms with Crippen molar-refractivity contribution in [1.29, 1.82) is 0 Å². The highest BCUT2D eigenvalue weighted by Crippen LogP contribution is 2.15. The lowest BCUT2D eigenvalue weighted by Gasteiger charge is -2.07. The molecule has 1 aromatic carbocycles. The number of carbonyl (C=O) groups excluding carboxylic acids is 1. The van der Waals surface area contributed by atoms with Gasteiger partial charge in [-0.1, -0.05) is 22.9 Å². The molecule has 0 radical (unpaired) electrons. The van der Waals surface area contributed by atoms with Gasteiger partial charge in [0.2, 0.25) is 0 Å². The van der Waals surface area contributed by atoms with E-state index in [1.807, 2.05) is 30.3 Å². The second-order valence-corrected chi connectivity index (χ2v) is 5.24. The van der Waals surface area contributed by atoms with E-state index in [1.54, 1.807) is 12.3 Å². The van der Waals surface area contributed by atoms with Crippen LogP contribution in [0.5, 0.6) is 0 Å². The molecule has 0 bridgehead atoms. The van der Waals surface area contributed by atoms with Crippen molar-refractivity contribution in [3.8, 4) is 0 Å². The number of amides is 1. The monoisotopic (exact) mass is 333 g/mol. The average molecular weight is 334 g/mol. The standard InChI is InChI=1S/C15H16BrN3O/c1-2-9-17-13-7-8-14(18-10-13)15(20)19-12-5-3-11(16)4-6-12/h3-8,10,17H,2,9H2,1H3,(H,19,20). The van der Waals surface area contributed by atoms with Gasteiger partial charge in [-0.3, -0.25) is 4.79 Å². The van der Waals surface area contributed by atoms with Crippen molar-refractivity contribution < 1.29 is 4.79 Å². The minimum atomic E-state index is -0.214. The first-order valence-electron chi connectivity index (χ1n) is 6.46. The highest BCUT2D eigenvalue weighted by molar-refractivity contribution is 9.10. The van der Waals surface area contributed by atoms with Gasteiger partial charge in [0.15, 0.2) is 0 Å². The zero-order valence-corrected chi connectivity index (χ0v) is 12.8. The molecule has 0 spiro atoms. The molecule has 0 aliphatic heterocycles. The van der Waals surface area contributed by atoms with Crippen LogP contribution in [0.25, 0.3) is 0 Å². The molecule has 4 nitrogen and oxygen atoms in total. The van der Waals surface area contributed by atoms with Gasteiger partial charge in [-0.05, 0) is 42.8 Å². The second-order valence-electron chi connectivity index (χ2n) is 4.32. The summed E-state index contributed by atoms with van der Waals surface area (Å²) in [4.78, 5) is 16.2. The SMILES string of the molecule is CCCNc1ccc(C(=O)Nc2ccc(Br)cc2)nc1. The fraction of sp³-hybridized carbons (Fsp3) is 0.200. The molecule has 5 heteroatoms. The Morgan fingerprint density at radius 1 is 1.15 bits per heavy atom. The van der Waals surface area contributed by atoms with Crippen molar-refractivity contribution in [3.05, 3.63) is 52.8 Å². The van der Waals surface area contributed by atoms with E-state index in [-0.39, 0.29) is 5.91 Å². The summed E-state index contributed by atoms with van der Waals surface area (Å²) in [6, 6.07) is 11.0. The van der Waals surface area contributed by atoms with Crippen LogP contribution in [0.2, 0.25) is 0 Å². The molecule has 0 fully saturated rings. The first-order valence-corrected chi connectivity index (χ1v) is 7.25. The molecule has 2 aromatic rings. The first kappa shape index (κ1) is 14.5. The third-order valence-corrected chi connectivity index (χ3v) is 3.21. The molecular weight excluding hydrogens is 318 g/mol. The topological polar surface area (TPSA) is 54.0 Å². The van der Waals surface area contributed by atoms with E-state index in [0.717, 1.165) is 28.8 Å². The van der Waals surface area contributed by atoms with Crippen LogP contribution in [0.4, 0.5) is 11.4 Å². The number of hydrogen-bond donors (Lipinski definition) is 2. The number of benzene rings is 1. The van der Waals surface area contributed by atoms with Gasteiger partial charge in [-0.15, -0.1) is 0 Å². The van der Waals surface area contributed by atoms with Crippen LogP contribution in [-0.4, -0.2) is 17.4 Å². The third kappa shape index (κ3) is 4.06. The quantitative estimate of drug-likeness (QED) is 0.871. The van der Waals surface area contributed by atoms with Crippen LogP contribution < -0.4 is 10.6 Å². The number of hydrogen-bond acceptors (Lipinski definition) is 3. The van der Waals surface area contributed by atoms with Crippen LogP contribution in [0.3, 0.4) is 0 Å². The molecule has 1 amide bonds. The van der Waals surface area contributed by atoms with Crippen LogP contribution in [0.15, 0.2) is 47.1 Å². The number of anilines is 2. The molecule has 0 aliphatic rings. The lowest BCUT2D eigenvalue weighted by atomic mass is 10.3. The number of halogens is 1. The fourth-order valence-corrected chi connectivity index (χ4v) is 1.89. The number of nitrogens with one attached hydrogen (secondary N) is 2. The molecule has 20 heavy (non-hydrogen) atoms. The van der Waals surface area contributed by atoms with Gasteiger partial charge in [0, 0.05) is 16.7 Å². The molecule has 1 heterocycles. The lowest BCUT2D eigenvalue weighted by molar-refractivity contribution is 0.102. The fourth-order valence-electron chi connectivity index (χ4n) is 1.63. The zero-order valence-electron chi connectivity index (χ0n) is 11.2. The summed E-state index contributed by atoms with van der Waals surface area (Å²) in [7, 11) is 0. The van der Waals surface area contributed by atoms with Crippen molar-refractivity contribution in [1.82, 2.24) is 4.98 Å². The minimum Gasteiger partial charge on any atom is -0.384 e. The number of rotatable bonds is 5. The van der Waals surface area contributed by atoms with E-state index in [1.165, 1.54) is 0 Å². The van der Waals surface area contributed by atoms with Gasteiger partial charge in [0.25, 0.3) is 5.91 Å². The maximum atomic E-state index is 12.0. The van der Waals surface area contributed by atoms with Crippen molar-refractivity contribution >= 4 is 33.2 Å². The number of carbonyl (C=O) groups is 1. The summed E-state index contributed by atoms with van der Waals surface area (Å²) in [5.41, 5.74) is 2.06. The van der Waals surface area contributed by atoms with Crippen molar-refractivity contribution in [2.75, 3.05) is 17.2 Å². The summed E-state index contributed by atoms with van der Waals surface area (Å²) in [5.74, 6) is -0.214. The zero-order chi connectivity index (χ0) is 14.4. The summed E-state index contributed by atoms with van der Waals surface area (Å²) in [5, 5.41) is 6.02. The van der Waals surface area contributed by atoms with E-state index >= 15 is 0 Å². The summed E-state index contributed by atoms with van der Waals surface area (Å²) < 4.78 is 0.972. The molecule has 104 valence electrons. The summed E-state index contributed by atoms with van der Waals surface area (Å²) in [6.45, 7) is 2.99. The van der Waals surface area contributed by atoms with Gasteiger partial charge in [0.1, 0.15) is 5.69 Å². The molecule has 0 saturated heterocycles. The molecule has 1 aromatic heterocycles. The Kier molecular flexibility index (Phi) is 5.12. The van der Waals surface area contributed by atoms with Crippen LogP contribution in [-0.2, 0) is 0 Å². The van der Waals surface area contributed by atoms with E-state index in [9.17, 15) is 4.79 Å². The first-order chi connectivity index (χ1) is 9.69. The predicted molar refractivity (Wildman–Crippen MR) is 85.1 cm³/mol. The Hall–Kier alpha value is -1.88. The molecule has 0 atom stereocenters. The largest absolute Gasteiger partial charge is 0.384 e. The van der Waals surface area contributed by atoms with Gasteiger partial charge in [-0.2, -0.15) is 0 Å². The number of nitrogens with zero attached hydrogens (tertiary/aromatic N) is 1. The van der Waals surface area contributed by atoms with Gasteiger partial charge in [0.05, 0.1) is 11.9 Å². The van der Waals surface area contributed by atoms with Gasteiger partial charge < -0.3 is 10.6 Å². The predicted octanol–water partition coefficient (Wildman–Crippen LogP) is 3.92. The van der Waals surface area contributed by atoms with Crippen molar-refractivity contribution in [2.45, 2.75) is 13.3 Å². The Morgan fingerprint density at radius 2 is 1.85 bits per heavy atom. The van der Waals surface area contributed by atoms with Crippen LogP contribution >= 0.6 is 15.9 Å². The highest BCUT2D eigenvalue weighted by Gasteiger charge is 2.07. The van der Waals surface area contributed by atoms with E-state index < -0.39 is 0 Å². The van der Waals surface area contributed by atoms with Gasteiger partial charge >= 0.3 is 0 Å². The third-order valence-electron chi connectivity index (χ3n) is 2.68. The molecular formula is C15H16BrN3O. The molecule has 2 rings (SSSR count). The molecule has 0 unspecified atom stereocenters. The van der Waals surface area contributed by atoms with Gasteiger partial charge in [-0.25, -0.2) is 4.98 Å². The Labute approximate surface area is 126 Å². The normalized spacial score (nSPS) is 10.1. The lowest BCUT2D eigenvalue weighted by Crippen LogP contribution is -2.13. The highest BCUT2D eigenvalue weighted by atomic mass is 79.9. The van der Waals surface area contributed by atoms with Crippen molar-refractivity contribution in [2.24, 2.45) is 0 Å². The Balaban J connectivity index is 2.00. The number of pyridine rings is 1. The summed E-state index contributed by atoms with van der Waals surface area (Å²) >= 11 is 3.35. The Bertz CT molecular complexity index is 567. The maximum Gasteiger partial charge on any atom is 0.274 e. The van der Waals surface area contributed by atoms with E-state index in [0.29, 0.717) is 5.69 Å². The van der Waals surface area contributed by atoms with Crippen LogP contribution in [0.1, 0.15) is 23.8 Å². The smallest absolute Gasteiger partial charge is 0.274 e. The molecule has 0 aliphatic carbocycles. The second kappa shape index (κ2) is 7.05. The average Bonchev–Trinajstić information content (AvgIpc) is 2.48. The summed E-state index contributed by atoms with van der Waals surface area (Å²) in [6.07, 6.45) is 2.72. The van der Waals surface area contributed by atoms with Crippen molar-refractivity contribution in [3.63, 3.8) is 0 Å². The Morgan fingerprint density at radius 3 is 2.45 bits per heavy atom. The maximum absolute atomic E-state index is 12.0. The number of aromatic nitrogens is 1. The minimum absolute atomic E-state index is 0.214.